The maximum absolute atomic E-state index is 6.35. The van der Waals surface area contributed by atoms with E-state index in [-0.39, 0.29) is 0 Å². The van der Waals surface area contributed by atoms with Crippen LogP contribution < -0.4 is 5.32 Å². The second kappa shape index (κ2) is 3.99. The molecule has 0 aromatic rings. The zero-order valence-electron chi connectivity index (χ0n) is 10.9. The molecule has 2 heteroatoms. The summed E-state index contributed by atoms with van der Waals surface area (Å²) in [6.07, 6.45) is 13.3. The fourth-order valence-corrected chi connectivity index (χ4v) is 4.24. The normalized spacial score (nSPS) is 44.6. The predicted molar refractivity (Wildman–Crippen MR) is 72.0 cm³/mol. The van der Waals surface area contributed by atoms with E-state index in [9.17, 15) is 0 Å². The Bertz CT molecular complexity index is 448. The third-order valence-electron chi connectivity index (χ3n) is 5.11. The van der Waals surface area contributed by atoms with Crippen molar-refractivity contribution in [3.05, 3.63) is 35.6 Å². The van der Waals surface area contributed by atoms with Crippen molar-refractivity contribution in [3.63, 3.8) is 0 Å². The van der Waals surface area contributed by atoms with Crippen molar-refractivity contribution < 1.29 is 4.74 Å². The van der Waals surface area contributed by atoms with Crippen LogP contribution in [0, 0.1) is 17.8 Å². The van der Waals surface area contributed by atoms with E-state index in [4.69, 9.17) is 4.74 Å². The minimum Gasteiger partial charge on any atom is -0.493 e. The van der Waals surface area contributed by atoms with Crippen LogP contribution in [0.1, 0.15) is 26.2 Å². The number of hydrogen-bond acceptors (Lipinski definition) is 2. The Labute approximate surface area is 109 Å². The third-order valence-corrected chi connectivity index (χ3v) is 5.11. The first kappa shape index (κ1) is 10.9. The maximum Gasteiger partial charge on any atom is 0.114 e. The number of hydrogen-bond donors (Lipinski definition) is 1. The van der Waals surface area contributed by atoms with Crippen molar-refractivity contribution in [2.75, 3.05) is 6.54 Å². The van der Waals surface area contributed by atoms with Gasteiger partial charge in [0.1, 0.15) is 11.9 Å². The van der Waals surface area contributed by atoms with E-state index < -0.39 is 0 Å². The Morgan fingerprint density at radius 3 is 3.22 bits per heavy atom. The molecule has 5 unspecified atom stereocenters. The third kappa shape index (κ3) is 1.38. The van der Waals surface area contributed by atoms with Crippen molar-refractivity contribution in [3.8, 4) is 0 Å². The molecule has 18 heavy (non-hydrogen) atoms. The Morgan fingerprint density at radius 1 is 1.39 bits per heavy atom. The van der Waals surface area contributed by atoms with Crippen molar-refractivity contribution in [2.24, 2.45) is 17.8 Å². The van der Waals surface area contributed by atoms with E-state index in [1.807, 2.05) is 0 Å². The molecule has 0 aromatic carbocycles. The Kier molecular flexibility index (Phi) is 2.41. The van der Waals surface area contributed by atoms with Crippen LogP contribution >= 0.6 is 0 Å². The summed E-state index contributed by atoms with van der Waals surface area (Å²) in [7, 11) is 0. The van der Waals surface area contributed by atoms with E-state index in [1.165, 1.54) is 17.8 Å². The van der Waals surface area contributed by atoms with Crippen LogP contribution in [0.3, 0.4) is 0 Å². The second-order valence-electron chi connectivity index (χ2n) is 5.98. The van der Waals surface area contributed by atoms with Crippen LogP contribution in [0.25, 0.3) is 0 Å². The highest BCUT2D eigenvalue weighted by molar-refractivity contribution is 5.38. The van der Waals surface area contributed by atoms with Gasteiger partial charge in [-0.1, -0.05) is 31.2 Å². The first-order chi connectivity index (χ1) is 8.88. The number of nitrogens with one attached hydrogen (secondary N) is 1. The minimum absolute atomic E-state index is 0.396. The van der Waals surface area contributed by atoms with Crippen LogP contribution in [0.5, 0.6) is 0 Å². The molecule has 0 spiro atoms. The zero-order chi connectivity index (χ0) is 12.1. The van der Waals surface area contributed by atoms with Gasteiger partial charge in [0.2, 0.25) is 0 Å². The highest BCUT2D eigenvalue weighted by Crippen LogP contribution is 2.47. The molecule has 4 aliphatic rings. The van der Waals surface area contributed by atoms with Crippen LogP contribution in [0.4, 0.5) is 0 Å². The van der Waals surface area contributed by atoms with Crippen molar-refractivity contribution in [1.29, 1.82) is 0 Å². The Morgan fingerprint density at radius 2 is 2.33 bits per heavy atom. The molecule has 0 amide bonds. The van der Waals surface area contributed by atoms with Crippen LogP contribution in [-0.2, 0) is 4.74 Å². The van der Waals surface area contributed by atoms with Gasteiger partial charge in [-0.3, -0.25) is 0 Å². The SMILES string of the molecule is CCC1NCC2C=CC3C4=C(CCC=C4)OC3C21. The van der Waals surface area contributed by atoms with E-state index in [0.29, 0.717) is 29.9 Å². The lowest BCUT2D eigenvalue weighted by Gasteiger charge is -2.34. The van der Waals surface area contributed by atoms with E-state index >= 15 is 0 Å². The molecular formula is C16H21NO. The lowest BCUT2D eigenvalue weighted by molar-refractivity contribution is 0.0425. The maximum atomic E-state index is 6.35. The zero-order valence-corrected chi connectivity index (χ0v) is 10.9. The molecule has 2 nitrogen and oxygen atoms in total. The fourth-order valence-electron chi connectivity index (χ4n) is 4.24. The van der Waals surface area contributed by atoms with Gasteiger partial charge in [0, 0.05) is 36.4 Å². The number of fused-ring (bicyclic) bond motifs is 4. The van der Waals surface area contributed by atoms with Gasteiger partial charge >= 0.3 is 0 Å². The molecule has 5 atom stereocenters. The topological polar surface area (TPSA) is 21.3 Å². The van der Waals surface area contributed by atoms with Gasteiger partial charge in [0.05, 0.1) is 0 Å². The molecule has 2 aliphatic heterocycles. The van der Waals surface area contributed by atoms with Gasteiger partial charge in [-0.2, -0.15) is 0 Å². The number of rotatable bonds is 1. The standard InChI is InChI=1S/C16H21NO/c1-2-13-15-10(9-17-13)7-8-12-11-5-3-4-6-14(11)18-16(12)15/h3,5,7-8,10,12-13,15-17H,2,4,6,9H2,1H3. The van der Waals surface area contributed by atoms with Gasteiger partial charge in [-0.25, -0.2) is 0 Å². The lowest BCUT2D eigenvalue weighted by atomic mass is 9.73. The average Bonchev–Trinajstić information content (AvgIpc) is 2.98. The minimum atomic E-state index is 0.396. The quantitative estimate of drug-likeness (QED) is 0.715. The predicted octanol–water partition coefficient (Wildman–Crippen LogP) is 2.79. The average molecular weight is 243 g/mol. The van der Waals surface area contributed by atoms with Gasteiger partial charge in [0.25, 0.3) is 0 Å². The van der Waals surface area contributed by atoms with E-state index in [2.05, 4.69) is 36.5 Å². The monoisotopic (exact) mass is 243 g/mol. The molecule has 0 saturated carbocycles. The summed E-state index contributed by atoms with van der Waals surface area (Å²) in [6.45, 7) is 3.42. The number of allylic oxidation sites excluding steroid dienone is 3. The lowest BCUT2D eigenvalue weighted by Crippen LogP contribution is -2.40. The molecule has 4 rings (SSSR count). The Balaban J connectivity index is 1.68. The summed E-state index contributed by atoms with van der Waals surface area (Å²) < 4.78 is 6.35. The molecule has 1 fully saturated rings. The first-order valence-electron chi connectivity index (χ1n) is 7.36. The molecule has 96 valence electrons. The van der Waals surface area contributed by atoms with Crippen LogP contribution in [0.2, 0.25) is 0 Å². The summed E-state index contributed by atoms with van der Waals surface area (Å²) in [4.78, 5) is 0. The Hall–Kier alpha value is -1.02. The van der Waals surface area contributed by atoms with Crippen molar-refractivity contribution >= 4 is 0 Å². The summed E-state index contributed by atoms with van der Waals surface area (Å²) in [5, 5.41) is 3.67. The van der Waals surface area contributed by atoms with Gasteiger partial charge in [0.15, 0.2) is 0 Å². The van der Waals surface area contributed by atoms with Crippen LogP contribution in [0.15, 0.2) is 35.6 Å². The summed E-state index contributed by atoms with van der Waals surface area (Å²) in [5.41, 5.74) is 1.46. The highest BCUT2D eigenvalue weighted by atomic mass is 16.5. The fraction of sp³-hybridized carbons (Fsp3) is 0.625. The highest BCUT2D eigenvalue weighted by Gasteiger charge is 2.49. The summed E-state index contributed by atoms with van der Waals surface area (Å²) >= 11 is 0. The molecule has 1 N–H and O–H groups in total. The van der Waals surface area contributed by atoms with Crippen molar-refractivity contribution in [1.82, 2.24) is 5.32 Å². The largest absolute Gasteiger partial charge is 0.493 e. The number of ether oxygens (including phenoxy) is 1. The molecule has 0 radical (unpaired) electrons. The van der Waals surface area contributed by atoms with Gasteiger partial charge in [-0.15, -0.1) is 0 Å². The van der Waals surface area contributed by atoms with Crippen LogP contribution in [-0.4, -0.2) is 18.7 Å². The van der Waals surface area contributed by atoms with E-state index in [0.717, 1.165) is 19.4 Å². The van der Waals surface area contributed by atoms with E-state index in [1.54, 1.807) is 0 Å². The summed E-state index contributed by atoms with van der Waals surface area (Å²) in [6, 6.07) is 0.637. The molecule has 0 aromatic heterocycles. The van der Waals surface area contributed by atoms with Gasteiger partial charge < -0.3 is 10.1 Å². The molecule has 2 aliphatic carbocycles. The van der Waals surface area contributed by atoms with Crippen molar-refractivity contribution in [2.45, 2.75) is 38.3 Å². The molecular weight excluding hydrogens is 222 g/mol. The molecule has 0 bridgehead atoms. The first-order valence-corrected chi connectivity index (χ1v) is 7.36. The molecule has 1 saturated heterocycles. The smallest absolute Gasteiger partial charge is 0.114 e. The van der Waals surface area contributed by atoms with Gasteiger partial charge in [-0.05, 0) is 18.8 Å². The summed E-state index contributed by atoms with van der Waals surface area (Å²) in [5.74, 6) is 3.15. The second-order valence-corrected chi connectivity index (χ2v) is 5.98. The molecule has 2 heterocycles.